The van der Waals surface area contributed by atoms with E-state index in [2.05, 4.69) is 5.32 Å². The van der Waals surface area contributed by atoms with E-state index < -0.39 is 6.10 Å². The lowest BCUT2D eigenvalue weighted by atomic mass is 9.94. The molecule has 22 heavy (non-hydrogen) atoms. The van der Waals surface area contributed by atoms with Gasteiger partial charge in [0.1, 0.15) is 11.9 Å². The number of aliphatic hydroxyl groups is 1. The highest BCUT2D eigenvalue weighted by Gasteiger charge is 2.28. The minimum Gasteiger partial charge on any atom is -0.487 e. The molecule has 120 valence electrons. The number of fused-ring (bicyclic) bond motifs is 1. The molecule has 0 saturated carbocycles. The number of hydrogen-bond donors (Lipinski definition) is 2. The summed E-state index contributed by atoms with van der Waals surface area (Å²) in [5.41, 5.74) is 1.60. The fraction of sp³-hybridized carbons (Fsp3) is 0.588. The van der Waals surface area contributed by atoms with Crippen molar-refractivity contribution in [1.82, 2.24) is 5.32 Å². The van der Waals surface area contributed by atoms with E-state index >= 15 is 0 Å². The SMILES string of the molecule is CC(=O)N1CC(C)Oc2ccc(C(O)C3CCCCN3)cc21. The number of nitrogens with one attached hydrogen (secondary N) is 1. The first-order valence-corrected chi connectivity index (χ1v) is 8.06. The normalized spacial score (nSPS) is 26.0. The van der Waals surface area contributed by atoms with Gasteiger partial charge >= 0.3 is 0 Å². The maximum atomic E-state index is 11.9. The van der Waals surface area contributed by atoms with Crippen molar-refractivity contribution in [3.63, 3.8) is 0 Å². The molecule has 0 bridgehead atoms. The number of piperidine rings is 1. The molecule has 1 amide bonds. The Bertz CT molecular complexity index is 555. The molecule has 1 saturated heterocycles. The molecule has 5 nitrogen and oxygen atoms in total. The molecule has 5 heteroatoms. The number of benzene rings is 1. The minimum absolute atomic E-state index is 0.00108. The fourth-order valence-corrected chi connectivity index (χ4v) is 3.32. The fourth-order valence-electron chi connectivity index (χ4n) is 3.32. The number of rotatable bonds is 2. The highest BCUT2D eigenvalue weighted by atomic mass is 16.5. The largest absolute Gasteiger partial charge is 0.487 e. The predicted molar refractivity (Wildman–Crippen MR) is 85.2 cm³/mol. The number of nitrogens with zero attached hydrogens (tertiary/aromatic N) is 1. The Morgan fingerprint density at radius 1 is 1.45 bits per heavy atom. The Labute approximate surface area is 131 Å². The van der Waals surface area contributed by atoms with Gasteiger partial charge in [-0.25, -0.2) is 0 Å². The van der Waals surface area contributed by atoms with Crippen molar-refractivity contribution in [2.24, 2.45) is 0 Å². The molecule has 0 aliphatic carbocycles. The van der Waals surface area contributed by atoms with E-state index in [1.807, 2.05) is 25.1 Å². The number of carbonyl (C=O) groups excluding carboxylic acids is 1. The van der Waals surface area contributed by atoms with E-state index in [-0.39, 0.29) is 18.1 Å². The highest BCUT2D eigenvalue weighted by Crippen LogP contribution is 2.36. The summed E-state index contributed by atoms with van der Waals surface area (Å²) in [6.07, 6.45) is 2.70. The van der Waals surface area contributed by atoms with Gasteiger partial charge in [0, 0.05) is 13.0 Å². The van der Waals surface area contributed by atoms with Crippen molar-refractivity contribution in [1.29, 1.82) is 0 Å². The predicted octanol–water partition coefficient (Wildman–Crippen LogP) is 2.00. The van der Waals surface area contributed by atoms with Gasteiger partial charge in [-0.3, -0.25) is 4.79 Å². The first kappa shape index (κ1) is 15.3. The zero-order valence-corrected chi connectivity index (χ0v) is 13.2. The molecule has 0 spiro atoms. The standard InChI is InChI=1S/C17H24N2O3/c1-11-10-19(12(2)20)15-9-13(6-7-16(15)22-11)17(21)14-5-3-4-8-18-14/h6-7,9,11,14,17-18,21H,3-5,8,10H2,1-2H3. The van der Waals surface area contributed by atoms with E-state index in [0.29, 0.717) is 12.3 Å². The van der Waals surface area contributed by atoms with Gasteiger partial charge in [0.2, 0.25) is 5.91 Å². The van der Waals surface area contributed by atoms with E-state index in [4.69, 9.17) is 4.74 Å². The van der Waals surface area contributed by atoms with E-state index in [1.165, 1.54) is 0 Å². The Morgan fingerprint density at radius 3 is 2.95 bits per heavy atom. The third-order valence-corrected chi connectivity index (χ3v) is 4.49. The van der Waals surface area contributed by atoms with Crippen LogP contribution in [0.5, 0.6) is 5.75 Å². The molecule has 1 fully saturated rings. The van der Waals surface area contributed by atoms with Gasteiger partial charge in [-0.2, -0.15) is 0 Å². The van der Waals surface area contributed by atoms with Crippen molar-refractivity contribution < 1.29 is 14.6 Å². The first-order chi connectivity index (χ1) is 10.6. The zero-order valence-electron chi connectivity index (χ0n) is 13.2. The lowest BCUT2D eigenvalue weighted by molar-refractivity contribution is -0.117. The van der Waals surface area contributed by atoms with Crippen LogP contribution in [0.15, 0.2) is 18.2 Å². The second-order valence-corrected chi connectivity index (χ2v) is 6.29. The van der Waals surface area contributed by atoms with Crippen molar-refractivity contribution in [2.45, 2.75) is 51.4 Å². The lowest BCUT2D eigenvalue weighted by Crippen LogP contribution is -2.41. The molecule has 3 rings (SSSR count). The average Bonchev–Trinajstić information content (AvgIpc) is 2.53. The average molecular weight is 304 g/mol. The summed E-state index contributed by atoms with van der Waals surface area (Å²) in [6.45, 7) is 5.01. The number of ether oxygens (including phenoxy) is 1. The number of hydrogen-bond acceptors (Lipinski definition) is 4. The molecule has 0 aromatic heterocycles. The van der Waals surface area contributed by atoms with Crippen LogP contribution in [0.2, 0.25) is 0 Å². The van der Waals surface area contributed by atoms with Crippen molar-refractivity contribution >= 4 is 11.6 Å². The number of aliphatic hydroxyl groups excluding tert-OH is 1. The van der Waals surface area contributed by atoms with Gasteiger partial charge in [0.05, 0.1) is 18.3 Å². The molecular weight excluding hydrogens is 280 g/mol. The maximum absolute atomic E-state index is 11.9. The number of amides is 1. The van der Waals surface area contributed by atoms with Crippen LogP contribution in [0.3, 0.4) is 0 Å². The Hall–Kier alpha value is -1.59. The summed E-state index contributed by atoms with van der Waals surface area (Å²) in [5, 5.41) is 14.0. The van der Waals surface area contributed by atoms with Crippen LogP contribution in [-0.2, 0) is 4.79 Å². The maximum Gasteiger partial charge on any atom is 0.224 e. The van der Waals surface area contributed by atoms with Gasteiger partial charge in [-0.1, -0.05) is 12.5 Å². The van der Waals surface area contributed by atoms with Gasteiger partial charge in [0.25, 0.3) is 0 Å². The van der Waals surface area contributed by atoms with Crippen molar-refractivity contribution in [3.8, 4) is 5.75 Å². The first-order valence-electron chi connectivity index (χ1n) is 8.06. The van der Waals surface area contributed by atoms with Gasteiger partial charge < -0.3 is 20.1 Å². The number of anilines is 1. The monoisotopic (exact) mass is 304 g/mol. The molecule has 2 aliphatic rings. The smallest absolute Gasteiger partial charge is 0.224 e. The van der Waals surface area contributed by atoms with Crippen LogP contribution >= 0.6 is 0 Å². The van der Waals surface area contributed by atoms with E-state index in [1.54, 1.807) is 11.8 Å². The van der Waals surface area contributed by atoms with E-state index in [0.717, 1.165) is 37.1 Å². The summed E-state index contributed by atoms with van der Waals surface area (Å²) < 4.78 is 5.80. The van der Waals surface area contributed by atoms with E-state index in [9.17, 15) is 9.90 Å². The second kappa shape index (κ2) is 6.26. The number of carbonyl (C=O) groups is 1. The molecular formula is C17H24N2O3. The Balaban J connectivity index is 1.88. The summed E-state index contributed by atoms with van der Waals surface area (Å²) >= 11 is 0. The zero-order chi connectivity index (χ0) is 15.7. The minimum atomic E-state index is -0.557. The second-order valence-electron chi connectivity index (χ2n) is 6.29. The summed E-state index contributed by atoms with van der Waals surface area (Å²) in [5.74, 6) is 0.709. The molecule has 0 radical (unpaired) electrons. The summed E-state index contributed by atoms with van der Waals surface area (Å²) in [7, 11) is 0. The highest BCUT2D eigenvalue weighted by molar-refractivity contribution is 5.93. The summed E-state index contributed by atoms with van der Waals surface area (Å²) in [6, 6.07) is 5.74. The molecule has 2 N–H and O–H groups in total. The van der Waals surface area contributed by atoms with Crippen LogP contribution in [0.1, 0.15) is 44.8 Å². The Kier molecular flexibility index (Phi) is 4.36. The molecule has 3 unspecified atom stereocenters. The van der Waals surface area contributed by atoms with Crippen LogP contribution in [0.4, 0.5) is 5.69 Å². The van der Waals surface area contributed by atoms with Crippen molar-refractivity contribution in [2.75, 3.05) is 18.0 Å². The van der Waals surface area contributed by atoms with Crippen LogP contribution in [0, 0.1) is 0 Å². The quantitative estimate of drug-likeness (QED) is 0.877. The lowest BCUT2D eigenvalue weighted by Gasteiger charge is -2.34. The molecule has 2 heterocycles. The molecule has 2 aliphatic heterocycles. The van der Waals surface area contributed by atoms with Crippen LogP contribution in [0.25, 0.3) is 0 Å². The molecule has 1 aromatic rings. The molecule has 1 aromatic carbocycles. The van der Waals surface area contributed by atoms with Gasteiger partial charge in [-0.15, -0.1) is 0 Å². The van der Waals surface area contributed by atoms with Crippen molar-refractivity contribution in [3.05, 3.63) is 23.8 Å². The topological polar surface area (TPSA) is 61.8 Å². The Morgan fingerprint density at radius 2 is 2.27 bits per heavy atom. The summed E-state index contributed by atoms with van der Waals surface area (Å²) in [4.78, 5) is 13.6. The third kappa shape index (κ3) is 2.96. The molecule has 3 atom stereocenters. The van der Waals surface area contributed by atoms with Gasteiger partial charge in [-0.05, 0) is 44.0 Å². The third-order valence-electron chi connectivity index (χ3n) is 4.49. The van der Waals surface area contributed by atoms with Crippen LogP contribution in [-0.4, -0.2) is 36.2 Å². The van der Waals surface area contributed by atoms with Gasteiger partial charge in [0.15, 0.2) is 0 Å². The van der Waals surface area contributed by atoms with Crippen LogP contribution < -0.4 is 15.0 Å².